The zero-order chi connectivity index (χ0) is 14.6. The molecule has 0 amide bonds. The first-order valence-corrected chi connectivity index (χ1v) is 6.77. The van der Waals surface area contributed by atoms with Gasteiger partial charge in [0.1, 0.15) is 5.83 Å². The minimum absolute atomic E-state index is 0.118. The first kappa shape index (κ1) is 16.3. The lowest BCUT2D eigenvalue weighted by atomic mass is 10.2. The molecule has 0 saturated heterocycles. The predicted molar refractivity (Wildman–Crippen MR) is 81.9 cm³/mol. The molecule has 0 aliphatic carbocycles. The fourth-order valence-electron chi connectivity index (χ4n) is 1.85. The fourth-order valence-corrected chi connectivity index (χ4v) is 1.85. The minimum atomic E-state index is -0.197. The van der Waals surface area contributed by atoms with Crippen LogP contribution in [0.2, 0.25) is 0 Å². The number of benzene rings is 1. The van der Waals surface area contributed by atoms with Gasteiger partial charge < -0.3 is 5.11 Å². The van der Waals surface area contributed by atoms with Crippen LogP contribution in [0, 0.1) is 0 Å². The Kier molecular flexibility index (Phi) is 8.27. The molecule has 1 aromatic rings. The Hall–Kier alpha value is -1.71. The topological polar surface area (TPSA) is 23.5 Å². The molecule has 108 valence electrons. The lowest BCUT2D eigenvalue weighted by molar-refractivity contribution is 0.221. The summed E-state index contributed by atoms with van der Waals surface area (Å²) in [5.74, 6) is -0.197. The molecule has 0 unspecified atom stereocenters. The van der Waals surface area contributed by atoms with Crippen LogP contribution >= 0.6 is 0 Å². The van der Waals surface area contributed by atoms with Gasteiger partial charge in [0, 0.05) is 19.7 Å². The van der Waals surface area contributed by atoms with E-state index in [4.69, 9.17) is 5.11 Å². The zero-order valence-electron chi connectivity index (χ0n) is 11.7. The summed E-state index contributed by atoms with van der Waals surface area (Å²) in [7, 11) is 0. The number of hydrogen-bond donors (Lipinski definition) is 1. The third kappa shape index (κ3) is 7.02. The summed E-state index contributed by atoms with van der Waals surface area (Å²) in [5.41, 5.74) is 1.14. The van der Waals surface area contributed by atoms with E-state index in [1.54, 1.807) is 18.2 Å². The van der Waals surface area contributed by atoms with Crippen LogP contribution in [-0.2, 0) is 6.54 Å². The lowest BCUT2D eigenvalue weighted by Gasteiger charge is -2.21. The van der Waals surface area contributed by atoms with Gasteiger partial charge in [-0.15, -0.1) is 0 Å². The largest absolute Gasteiger partial charge is 0.396 e. The number of halogens is 1. The summed E-state index contributed by atoms with van der Waals surface area (Å²) < 4.78 is 13.8. The second-order valence-electron chi connectivity index (χ2n) is 4.51. The maximum atomic E-state index is 13.8. The SMILES string of the molecule is C=C/C=C\C=C(\F)CN(CCCO)Cc1ccccc1. The molecular weight excluding hydrogens is 253 g/mol. The number of hydrogen-bond acceptors (Lipinski definition) is 2. The number of rotatable bonds is 9. The van der Waals surface area contributed by atoms with Crippen LogP contribution in [0.25, 0.3) is 0 Å². The van der Waals surface area contributed by atoms with Crippen LogP contribution in [0.1, 0.15) is 12.0 Å². The molecule has 0 aromatic heterocycles. The van der Waals surface area contributed by atoms with E-state index in [9.17, 15) is 4.39 Å². The Labute approximate surface area is 120 Å². The van der Waals surface area contributed by atoms with Crippen molar-refractivity contribution >= 4 is 0 Å². The molecule has 20 heavy (non-hydrogen) atoms. The minimum Gasteiger partial charge on any atom is -0.396 e. The predicted octanol–water partition coefficient (Wildman–Crippen LogP) is 3.47. The molecule has 1 aromatic carbocycles. The molecule has 1 N–H and O–H groups in total. The van der Waals surface area contributed by atoms with E-state index in [0.29, 0.717) is 19.5 Å². The van der Waals surface area contributed by atoms with Crippen LogP contribution in [-0.4, -0.2) is 29.7 Å². The quantitative estimate of drug-likeness (QED) is 0.698. The van der Waals surface area contributed by atoms with Gasteiger partial charge in [-0.25, -0.2) is 4.39 Å². The molecule has 0 bridgehead atoms. The highest BCUT2D eigenvalue weighted by molar-refractivity contribution is 5.16. The normalized spacial score (nSPS) is 12.2. The van der Waals surface area contributed by atoms with Crippen molar-refractivity contribution < 1.29 is 9.50 Å². The van der Waals surface area contributed by atoms with Gasteiger partial charge in [-0.2, -0.15) is 0 Å². The summed E-state index contributed by atoms with van der Waals surface area (Å²) in [6, 6.07) is 9.94. The Morgan fingerprint density at radius 3 is 2.65 bits per heavy atom. The molecule has 0 radical (unpaired) electrons. The van der Waals surface area contributed by atoms with E-state index in [1.165, 1.54) is 6.08 Å². The van der Waals surface area contributed by atoms with E-state index in [1.807, 2.05) is 35.2 Å². The summed E-state index contributed by atoms with van der Waals surface area (Å²) in [4.78, 5) is 1.99. The van der Waals surface area contributed by atoms with Gasteiger partial charge in [0.15, 0.2) is 0 Å². The molecule has 0 aliphatic rings. The van der Waals surface area contributed by atoms with E-state index in [0.717, 1.165) is 5.56 Å². The van der Waals surface area contributed by atoms with Crippen molar-refractivity contribution in [1.29, 1.82) is 0 Å². The Morgan fingerprint density at radius 2 is 2.00 bits per heavy atom. The maximum Gasteiger partial charge on any atom is 0.114 e. The van der Waals surface area contributed by atoms with Crippen molar-refractivity contribution in [2.24, 2.45) is 0 Å². The molecule has 1 rings (SSSR count). The molecule has 0 saturated carbocycles. The number of allylic oxidation sites excluding steroid dienone is 4. The molecule has 0 atom stereocenters. The first-order chi connectivity index (χ1) is 9.76. The smallest absolute Gasteiger partial charge is 0.114 e. The summed E-state index contributed by atoms with van der Waals surface area (Å²) in [6.07, 6.45) is 7.02. The molecule has 3 heteroatoms. The summed E-state index contributed by atoms with van der Waals surface area (Å²) in [5, 5.41) is 8.93. The maximum absolute atomic E-state index is 13.8. The van der Waals surface area contributed by atoms with Crippen LogP contribution < -0.4 is 0 Å². The van der Waals surface area contributed by atoms with Crippen molar-refractivity contribution in [3.05, 3.63) is 72.6 Å². The highest BCUT2D eigenvalue weighted by Gasteiger charge is 2.08. The molecule has 0 heterocycles. The van der Waals surface area contributed by atoms with E-state index >= 15 is 0 Å². The van der Waals surface area contributed by atoms with E-state index in [-0.39, 0.29) is 19.0 Å². The van der Waals surface area contributed by atoms with Crippen LogP contribution in [0.5, 0.6) is 0 Å². The van der Waals surface area contributed by atoms with Gasteiger partial charge in [-0.05, 0) is 18.1 Å². The van der Waals surface area contributed by atoms with Gasteiger partial charge in [0.25, 0.3) is 0 Å². The van der Waals surface area contributed by atoms with E-state index in [2.05, 4.69) is 6.58 Å². The molecule has 0 aliphatic heterocycles. The zero-order valence-corrected chi connectivity index (χ0v) is 11.7. The monoisotopic (exact) mass is 275 g/mol. The van der Waals surface area contributed by atoms with Crippen molar-refractivity contribution in [3.8, 4) is 0 Å². The Morgan fingerprint density at radius 1 is 1.25 bits per heavy atom. The Balaban J connectivity index is 2.61. The van der Waals surface area contributed by atoms with Gasteiger partial charge >= 0.3 is 0 Å². The molecule has 0 spiro atoms. The van der Waals surface area contributed by atoms with Crippen molar-refractivity contribution in [3.63, 3.8) is 0 Å². The van der Waals surface area contributed by atoms with Crippen LogP contribution in [0.4, 0.5) is 4.39 Å². The first-order valence-electron chi connectivity index (χ1n) is 6.77. The van der Waals surface area contributed by atoms with Crippen LogP contribution in [0.15, 0.2) is 67.0 Å². The average Bonchev–Trinajstić information content (AvgIpc) is 2.46. The molecule has 0 fully saturated rings. The van der Waals surface area contributed by atoms with Gasteiger partial charge in [0.2, 0.25) is 0 Å². The van der Waals surface area contributed by atoms with Crippen molar-refractivity contribution in [1.82, 2.24) is 4.90 Å². The second-order valence-corrected chi connectivity index (χ2v) is 4.51. The Bertz CT molecular complexity index is 440. The van der Waals surface area contributed by atoms with Crippen molar-refractivity contribution in [2.45, 2.75) is 13.0 Å². The average molecular weight is 275 g/mol. The van der Waals surface area contributed by atoms with Gasteiger partial charge in [-0.1, -0.05) is 55.1 Å². The van der Waals surface area contributed by atoms with Crippen LogP contribution in [0.3, 0.4) is 0 Å². The standard InChI is InChI=1S/C17H22FNO/c1-2-3-5-11-17(18)15-19(12-8-13-20)14-16-9-6-4-7-10-16/h2-7,9-11,20H,1,8,12-15H2/b5-3-,17-11+. The highest BCUT2D eigenvalue weighted by atomic mass is 19.1. The molecular formula is C17H22FNO. The van der Waals surface area contributed by atoms with Gasteiger partial charge in [0.05, 0.1) is 6.54 Å². The summed E-state index contributed by atoms with van der Waals surface area (Å²) >= 11 is 0. The highest BCUT2D eigenvalue weighted by Crippen LogP contribution is 2.09. The fraction of sp³-hybridized carbons (Fsp3) is 0.294. The third-order valence-electron chi connectivity index (χ3n) is 2.78. The van der Waals surface area contributed by atoms with E-state index < -0.39 is 0 Å². The third-order valence-corrected chi connectivity index (χ3v) is 2.78. The second kappa shape index (κ2) is 10.1. The number of aliphatic hydroxyl groups excluding tert-OH is 1. The van der Waals surface area contributed by atoms with Gasteiger partial charge in [-0.3, -0.25) is 4.90 Å². The molecule has 2 nitrogen and oxygen atoms in total. The van der Waals surface area contributed by atoms with Crippen molar-refractivity contribution in [2.75, 3.05) is 19.7 Å². The summed E-state index contributed by atoms with van der Waals surface area (Å²) in [6.45, 7) is 5.24. The number of aliphatic hydroxyl groups is 1. The number of nitrogens with zero attached hydrogens (tertiary/aromatic N) is 1. The lowest BCUT2D eigenvalue weighted by Crippen LogP contribution is -2.26.